The highest BCUT2D eigenvalue weighted by Gasteiger charge is 2.08. The minimum atomic E-state index is 0.932. The zero-order chi connectivity index (χ0) is 16.7. The van der Waals surface area contributed by atoms with Crippen molar-refractivity contribution in [3.63, 3.8) is 0 Å². The molecule has 0 saturated carbocycles. The van der Waals surface area contributed by atoms with Gasteiger partial charge in [0.25, 0.3) is 0 Å². The van der Waals surface area contributed by atoms with Crippen molar-refractivity contribution in [3.8, 4) is 22.3 Å². The van der Waals surface area contributed by atoms with Crippen molar-refractivity contribution in [2.45, 2.75) is 20.8 Å². The van der Waals surface area contributed by atoms with E-state index >= 15 is 0 Å². The molecule has 0 aliphatic carbocycles. The summed E-state index contributed by atoms with van der Waals surface area (Å²) in [6, 6.07) is 21.4. The molecule has 0 saturated heterocycles. The van der Waals surface area contributed by atoms with E-state index in [1.807, 2.05) is 24.5 Å². The summed E-state index contributed by atoms with van der Waals surface area (Å²) in [5.74, 6) is 0. The maximum atomic E-state index is 5.66. The molecule has 0 amide bonds. The van der Waals surface area contributed by atoms with E-state index in [2.05, 4.69) is 63.2 Å². The lowest BCUT2D eigenvalue weighted by Gasteiger charge is -2.10. The summed E-state index contributed by atoms with van der Waals surface area (Å²) in [4.78, 5) is 0. The molecular weight excluding hydrogens is 292 g/mol. The normalized spacial score (nSPS) is 11.1. The van der Waals surface area contributed by atoms with Gasteiger partial charge in [-0.25, -0.2) is 0 Å². The Morgan fingerprint density at radius 3 is 2.00 bits per heavy atom. The molecule has 0 bridgehead atoms. The van der Waals surface area contributed by atoms with E-state index in [-0.39, 0.29) is 0 Å². The Labute approximate surface area is 142 Å². The Morgan fingerprint density at radius 2 is 1.29 bits per heavy atom. The highest BCUT2D eigenvalue weighted by molar-refractivity contribution is 5.94. The zero-order valence-corrected chi connectivity index (χ0v) is 14.3. The third-order valence-corrected chi connectivity index (χ3v) is 4.94. The third kappa shape index (κ3) is 2.43. The largest absolute Gasteiger partial charge is 0.464 e. The fourth-order valence-corrected chi connectivity index (χ4v) is 3.25. The summed E-state index contributed by atoms with van der Waals surface area (Å²) >= 11 is 0. The fourth-order valence-electron chi connectivity index (χ4n) is 3.25. The molecule has 0 aliphatic heterocycles. The lowest BCUT2D eigenvalue weighted by molar-refractivity contribution is 0.617. The van der Waals surface area contributed by atoms with Gasteiger partial charge in [-0.2, -0.15) is 0 Å². The molecule has 1 aromatic heterocycles. The second-order valence-electron chi connectivity index (χ2n) is 6.46. The molecule has 4 rings (SSSR count). The van der Waals surface area contributed by atoms with Crippen LogP contribution >= 0.6 is 0 Å². The van der Waals surface area contributed by atoms with Crippen molar-refractivity contribution in [2.75, 3.05) is 0 Å². The topological polar surface area (TPSA) is 13.1 Å². The van der Waals surface area contributed by atoms with E-state index in [4.69, 9.17) is 4.42 Å². The minimum absolute atomic E-state index is 0.932. The van der Waals surface area contributed by atoms with Crippen LogP contribution in [0.25, 0.3) is 33.2 Å². The molecule has 0 atom stereocenters. The van der Waals surface area contributed by atoms with Crippen molar-refractivity contribution >= 4 is 11.0 Å². The Kier molecular flexibility index (Phi) is 3.50. The second kappa shape index (κ2) is 5.68. The van der Waals surface area contributed by atoms with Crippen molar-refractivity contribution < 1.29 is 4.42 Å². The lowest BCUT2D eigenvalue weighted by atomic mass is 9.95. The molecule has 0 unspecified atom stereocenters. The summed E-state index contributed by atoms with van der Waals surface area (Å²) in [7, 11) is 0. The fraction of sp³-hybridized carbons (Fsp3) is 0.130. The number of furan rings is 1. The van der Waals surface area contributed by atoms with E-state index in [9.17, 15) is 0 Å². The van der Waals surface area contributed by atoms with E-state index in [1.54, 1.807) is 0 Å². The monoisotopic (exact) mass is 312 g/mol. The number of hydrogen-bond acceptors (Lipinski definition) is 1. The lowest BCUT2D eigenvalue weighted by Crippen LogP contribution is -1.88. The highest BCUT2D eigenvalue weighted by atomic mass is 16.3. The average molecular weight is 312 g/mol. The van der Waals surface area contributed by atoms with Crippen LogP contribution in [0, 0.1) is 20.8 Å². The van der Waals surface area contributed by atoms with Gasteiger partial charge in [-0.3, -0.25) is 0 Å². The van der Waals surface area contributed by atoms with Gasteiger partial charge in [0, 0.05) is 10.9 Å². The zero-order valence-electron chi connectivity index (χ0n) is 14.3. The number of fused-ring (bicyclic) bond motifs is 1. The Morgan fingerprint density at radius 1 is 0.667 bits per heavy atom. The van der Waals surface area contributed by atoms with Gasteiger partial charge in [0.15, 0.2) is 0 Å². The van der Waals surface area contributed by atoms with Crippen molar-refractivity contribution in [1.29, 1.82) is 0 Å². The molecule has 0 radical (unpaired) electrons. The van der Waals surface area contributed by atoms with Gasteiger partial charge < -0.3 is 4.42 Å². The number of para-hydroxylation sites is 1. The number of hydrogen-bond donors (Lipinski definition) is 0. The molecule has 0 fully saturated rings. The molecule has 1 heterocycles. The molecule has 0 N–H and O–H groups in total. The maximum Gasteiger partial charge on any atom is 0.134 e. The van der Waals surface area contributed by atoms with E-state index < -0.39 is 0 Å². The Bertz CT molecular complexity index is 997. The standard InChI is InChI=1S/C23H20O/c1-15-12-20(13-16(2)17(15)3)18-8-10-19(11-9-18)22-14-24-23-7-5-4-6-21(22)23/h4-14H,1-3H3. The third-order valence-electron chi connectivity index (χ3n) is 4.94. The van der Waals surface area contributed by atoms with Crippen molar-refractivity contribution in [1.82, 2.24) is 0 Å². The summed E-state index contributed by atoms with van der Waals surface area (Å²) in [5, 5.41) is 1.16. The van der Waals surface area contributed by atoms with Crippen LogP contribution in [0.4, 0.5) is 0 Å². The molecular formula is C23H20O. The smallest absolute Gasteiger partial charge is 0.134 e. The van der Waals surface area contributed by atoms with E-state index in [0.29, 0.717) is 0 Å². The van der Waals surface area contributed by atoms with Gasteiger partial charge in [0.1, 0.15) is 5.58 Å². The maximum absolute atomic E-state index is 5.66. The average Bonchev–Trinajstić information content (AvgIpc) is 3.03. The first kappa shape index (κ1) is 14.8. The van der Waals surface area contributed by atoms with Crippen LogP contribution in [-0.4, -0.2) is 0 Å². The van der Waals surface area contributed by atoms with Crippen LogP contribution in [0.2, 0.25) is 0 Å². The van der Waals surface area contributed by atoms with Crippen LogP contribution < -0.4 is 0 Å². The minimum Gasteiger partial charge on any atom is -0.464 e. The first-order chi connectivity index (χ1) is 11.6. The van der Waals surface area contributed by atoms with Gasteiger partial charge in [0.2, 0.25) is 0 Å². The van der Waals surface area contributed by atoms with Gasteiger partial charge in [-0.1, -0.05) is 54.6 Å². The summed E-state index contributed by atoms with van der Waals surface area (Å²) in [6.45, 7) is 6.54. The van der Waals surface area contributed by atoms with Crippen molar-refractivity contribution in [2.24, 2.45) is 0 Å². The molecule has 0 spiro atoms. The quantitative estimate of drug-likeness (QED) is 0.402. The molecule has 1 nitrogen and oxygen atoms in total. The van der Waals surface area contributed by atoms with Crippen LogP contribution in [0.15, 0.2) is 71.3 Å². The first-order valence-corrected chi connectivity index (χ1v) is 8.28. The second-order valence-corrected chi connectivity index (χ2v) is 6.46. The molecule has 24 heavy (non-hydrogen) atoms. The predicted molar refractivity (Wildman–Crippen MR) is 101 cm³/mol. The van der Waals surface area contributed by atoms with Gasteiger partial charge in [0.05, 0.1) is 6.26 Å². The number of aryl methyl sites for hydroxylation is 2. The van der Waals surface area contributed by atoms with Crippen LogP contribution in [-0.2, 0) is 0 Å². The Hall–Kier alpha value is -2.80. The van der Waals surface area contributed by atoms with Crippen molar-refractivity contribution in [3.05, 3.63) is 83.6 Å². The molecule has 0 aliphatic rings. The number of benzene rings is 3. The highest BCUT2D eigenvalue weighted by Crippen LogP contribution is 2.32. The summed E-state index contributed by atoms with van der Waals surface area (Å²) < 4.78 is 5.66. The Balaban J connectivity index is 1.75. The van der Waals surface area contributed by atoms with Gasteiger partial charge in [-0.15, -0.1) is 0 Å². The molecule has 1 heteroatoms. The first-order valence-electron chi connectivity index (χ1n) is 8.28. The molecule has 4 aromatic rings. The van der Waals surface area contributed by atoms with E-state index in [1.165, 1.54) is 33.4 Å². The predicted octanol–water partition coefficient (Wildman–Crippen LogP) is 6.69. The van der Waals surface area contributed by atoms with E-state index in [0.717, 1.165) is 16.5 Å². The SMILES string of the molecule is Cc1cc(-c2ccc(-c3coc4ccccc34)cc2)cc(C)c1C. The number of rotatable bonds is 2. The van der Waals surface area contributed by atoms with Crippen LogP contribution in [0.1, 0.15) is 16.7 Å². The van der Waals surface area contributed by atoms with Gasteiger partial charge in [-0.05, 0) is 60.2 Å². The summed E-state index contributed by atoms with van der Waals surface area (Å²) in [5.41, 5.74) is 9.85. The van der Waals surface area contributed by atoms with Gasteiger partial charge >= 0.3 is 0 Å². The van der Waals surface area contributed by atoms with Crippen LogP contribution in [0.5, 0.6) is 0 Å². The molecule has 3 aromatic carbocycles. The van der Waals surface area contributed by atoms with Crippen LogP contribution in [0.3, 0.4) is 0 Å². The summed E-state index contributed by atoms with van der Waals surface area (Å²) in [6.07, 6.45) is 1.85. The molecule has 118 valence electrons.